The van der Waals surface area contributed by atoms with Gasteiger partial charge >= 0.3 is 0 Å². The van der Waals surface area contributed by atoms with Crippen LogP contribution in [0.15, 0.2) is 48.5 Å². The number of carbonyl (C=O) groups is 1. The topological polar surface area (TPSA) is 84.9 Å². The molecule has 0 fully saturated rings. The molecule has 0 saturated carbocycles. The molecule has 7 nitrogen and oxygen atoms in total. The van der Waals surface area contributed by atoms with E-state index in [0.29, 0.717) is 24.4 Å². The van der Waals surface area contributed by atoms with Gasteiger partial charge in [0, 0.05) is 25.6 Å². The van der Waals surface area contributed by atoms with Crippen LogP contribution in [0.25, 0.3) is 0 Å². The van der Waals surface area contributed by atoms with Crippen LogP contribution in [-0.2, 0) is 21.4 Å². The molecule has 0 unspecified atom stereocenters. The smallest absolute Gasteiger partial charge is 0.232 e. The van der Waals surface area contributed by atoms with Crippen molar-refractivity contribution in [2.75, 3.05) is 31.3 Å². The lowest BCUT2D eigenvalue weighted by Crippen LogP contribution is -2.32. The maximum atomic E-state index is 12.2. The number of hydrogen-bond acceptors (Lipinski definition) is 5. The molecule has 1 amide bonds. The van der Waals surface area contributed by atoms with Gasteiger partial charge in [0.15, 0.2) is 0 Å². The fourth-order valence-electron chi connectivity index (χ4n) is 2.71. The van der Waals surface area contributed by atoms with Crippen molar-refractivity contribution in [3.05, 3.63) is 54.1 Å². The predicted molar refractivity (Wildman–Crippen MR) is 109 cm³/mol. The van der Waals surface area contributed by atoms with Crippen LogP contribution in [0.2, 0.25) is 0 Å². The zero-order chi connectivity index (χ0) is 20.6. The maximum Gasteiger partial charge on any atom is 0.232 e. The molecule has 0 aromatic heterocycles. The third kappa shape index (κ3) is 6.45. The van der Waals surface area contributed by atoms with Crippen LogP contribution in [0.3, 0.4) is 0 Å². The first kappa shape index (κ1) is 21.6. The molecule has 0 aliphatic carbocycles. The molecule has 0 atom stereocenters. The maximum absolute atomic E-state index is 12.2. The van der Waals surface area contributed by atoms with E-state index >= 15 is 0 Å². The summed E-state index contributed by atoms with van der Waals surface area (Å²) >= 11 is 0. The number of nitrogens with zero attached hydrogens (tertiary/aromatic N) is 1. The van der Waals surface area contributed by atoms with Gasteiger partial charge < -0.3 is 14.8 Å². The van der Waals surface area contributed by atoms with Crippen molar-refractivity contribution < 1.29 is 22.7 Å². The number of amides is 1. The van der Waals surface area contributed by atoms with Crippen LogP contribution < -0.4 is 19.1 Å². The minimum absolute atomic E-state index is 0.137. The minimum atomic E-state index is -3.47. The highest BCUT2D eigenvalue weighted by Crippen LogP contribution is 2.23. The fraction of sp³-hybridized carbons (Fsp3) is 0.350. The number of benzene rings is 2. The molecular formula is C20H26N2O5S. The fourth-order valence-corrected chi connectivity index (χ4v) is 3.66. The Labute approximate surface area is 166 Å². The number of hydrogen-bond donors (Lipinski definition) is 1. The van der Waals surface area contributed by atoms with E-state index in [4.69, 9.17) is 9.47 Å². The summed E-state index contributed by atoms with van der Waals surface area (Å²) < 4.78 is 35.9. The number of rotatable bonds is 10. The normalized spacial score (nSPS) is 11.0. The third-order valence-corrected chi connectivity index (χ3v) is 5.32. The molecule has 0 aliphatic rings. The highest BCUT2D eigenvalue weighted by Gasteiger charge is 2.18. The summed E-state index contributed by atoms with van der Waals surface area (Å²) in [5.41, 5.74) is 1.44. The molecule has 0 bridgehead atoms. The highest BCUT2D eigenvalue weighted by molar-refractivity contribution is 7.92. The summed E-state index contributed by atoms with van der Waals surface area (Å²) in [7, 11) is -0.356. The molecule has 2 rings (SSSR count). The van der Waals surface area contributed by atoms with Gasteiger partial charge in [-0.1, -0.05) is 18.2 Å². The number of sulfonamides is 1. The monoisotopic (exact) mass is 406 g/mol. The first-order chi connectivity index (χ1) is 13.3. The van der Waals surface area contributed by atoms with Gasteiger partial charge in [0.05, 0.1) is 26.2 Å². The first-order valence-corrected chi connectivity index (χ1v) is 10.7. The predicted octanol–water partition coefficient (Wildman–Crippen LogP) is 2.57. The van der Waals surface area contributed by atoms with Gasteiger partial charge in [0.1, 0.15) is 11.5 Å². The Morgan fingerprint density at radius 1 is 1.04 bits per heavy atom. The summed E-state index contributed by atoms with van der Waals surface area (Å²) in [6.45, 7) is 0.598. The lowest BCUT2D eigenvalue weighted by molar-refractivity contribution is -0.121. The van der Waals surface area contributed by atoms with E-state index in [1.165, 1.54) is 11.4 Å². The molecule has 0 aliphatic heterocycles. The van der Waals surface area contributed by atoms with Crippen molar-refractivity contribution in [1.29, 1.82) is 0 Å². The molecular weight excluding hydrogens is 380 g/mol. The number of nitrogens with one attached hydrogen (secondary N) is 1. The molecule has 152 valence electrons. The van der Waals surface area contributed by atoms with Crippen LogP contribution in [0, 0.1) is 0 Å². The van der Waals surface area contributed by atoms with E-state index in [1.807, 2.05) is 24.3 Å². The Balaban J connectivity index is 1.90. The third-order valence-electron chi connectivity index (χ3n) is 4.13. The van der Waals surface area contributed by atoms with Crippen LogP contribution >= 0.6 is 0 Å². The Morgan fingerprint density at radius 3 is 2.32 bits per heavy atom. The van der Waals surface area contributed by atoms with E-state index in [2.05, 4.69) is 5.32 Å². The molecule has 0 heterocycles. The average Bonchev–Trinajstić information content (AvgIpc) is 2.69. The zero-order valence-electron chi connectivity index (χ0n) is 16.3. The standard InChI is InChI=1S/C20H26N2O5S/c1-26-18-9-4-7-16(13-18)15-21-20(23)11-6-12-22(28(3,24)25)17-8-5-10-19(14-17)27-2/h4-5,7-10,13-14H,6,11-12,15H2,1-3H3,(H,21,23). The Bertz CT molecular complexity index is 899. The molecule has 0 spiro atoms. The molecule has 8 heteroatoms. The first-order valence-electron chi connectivity index (χ1n) is 8.85. The van der Waals surface area contributed by atoms with Gasteiger partial charge in [0.25, 0.3) is 0 Å². The van der Waals surface area contributed by atoms with E-state index < -0.39 is 10.0 Å². The highest BCUT2D eigenvalue weighted by atomic mass is 32.2. The van der Waals surface area contributed by atoms with E-state index in [0.717, 1.165) is 17.6 Å². The minimum Gasteiger partial charge on any atom is -0.497 e. The SMILES string of the molecule is COc1cccc(CNC(=O)CCCN(c2cccc(OC)c2)S(C)(=O)=O)c1. The lowest BCUT2D eigenvalue weighted by Gasteiger charge is -2.22. The van der Waals surface area contributed by atoms with Gasteiger partial charge in [0.2, 0.25) is 15.9 Å². The number of methoxy groups -OCH3 is 2. The quantitative estimate of drug-likeness (QED) is 0.656. The summed E-state index contributed by atoms with van der Waals surface area (Å²) in [6.07, 6.45) is 1.77. The van der Waals surface area contributed by atoms with Crippen LogP contribution in [0.5, 0.6) is 11.5 Å². The molecule has 1 N–H and O–H groups in total. The number of ether oxygens (including phenoxy) is 2. The summed E-state index contributed by atoms with van der Waals surface area (Å²) in [5, 5.41) is 2.84. The van der Waals surface area contributed by atoms with Gasteiger partial charge in [-0.3, -0.25) is 9.10 Å². The largest absolute Gasteiger partial charge is 0.497 e. The molecule has 28 heavy (non-hydrogen) atoms. The van der Waals surface area contributed by atoms with Gasteiger partial charge in [-0.15, -0.1) is 0 Å². The number of anilines is 1. The van der Waals surface area contributed by atoms with Gasteiger partial charge in [-0.2, -0.15) is 0 Å². The Morgan fingerprint density at radius 2 is 1.68 bits per heavy atom. The van der Waals surface area contributed by atoms with Crippen LogP contribution in [0.4, 0.5) is 5.69 Å². The van der Waals surface area contributed by atoms with E-state index in [-0.39, 0.29) is 18.9 Å². The lowest BCUT2D eigenvalue weighted by atomic mass is 10.2. The molecule has 0 saturated heterocycles. The summed E-state index contributed by atoms with van der Waals surface area (Å²) in [5.74, 6) is 1.16. The van der Waals surface area contributed by atoms with Crippen LogP contribution in [-0.4, -0.2) is 41.3 Å². The van der Waals surface area contributed by atoms with Crippen molar-refractivity contribution in [2.45, 2.75) is 19.4 Å². The Kier molecular flexibility index (Phi) is 7.69. The molecule has 2 aromatic rings. The van der Waals surface area contributed by atoms with E-state index in [1.54, 1.807) is 31.4 Å². The van der Waals surface area contributed by atoms with Crippen LogP contribution in [0.1, 0.15) is 18.4 Å². The van der Waals surface area contributed by atoms with Crippen molar-refractivity contribution in [1.82, 2.24) is 5.32 Å². The second-order valence-corrected chi connectivity index (χ2v) is 8.18. The average molecular weight is 407 g/mol. The number of carbonyl (C=O) groups excluding carboxylic acids is 1. The summed E-state index contributed by atoms with van der Waals surface area (Å²) in [6, 6.07) is 14.3. The van der Waals surface area contributed by atoms with Crippen molar-refractivity contribution in [3.63, 3.8) is 0 Å². The van der Waals surface area contributed by atoms with E-state index in [9.17, 15) is 13.2 Å². The van der Waals surface area contributed by atoms with Crippen molar-refractivity contribution in [3.8, 4) is 11.5 Å². The molecule has 2 aromatic carbocycles. The molecule has 0 radical (unpaired) electrons. The Hall–Kier alpha value is -2.74. The zero-order valence-corrected chi connectivity index (χ0v) is 17.2. The second-order valence-electron chi connectivity index (χ2n) is 6.27. The van der Waals surface area contributed by atoms with Crippen molar-refractivity contribution in [2.24, 2.45) is 0 Å². The van der Waals surface area contributed by atoms with Gasteiger partial charge in [-0.25, -0.2) is 8.42 Å². The van der Waals surface area contributed by atoms with Gasteiger partial charge in [-0.05, 0) is 36.2 Å². The van der Waals surface area contributed by atoms with Crippen molar-refractivity contribution >= 4 is 21.6 Å². The second kappa shape index (κ2) is 9.98. The summed E-state index contributed by atoms with van der Waals surface area (Å²) in [4.78, 5) is 12.1.